The van der Waals surface area contributed by atoms with Crippen molar-refractivity contribution in [1.29, 1.82) is 0 Å². The number of hydrogen-bond donors (Lipinski definition) is 2. The summed E-state index contributed by atoms with van der Waals surface area (Å²) in [7, 11) is 2.13. The van der Waals surface area contributed by atoms with Gasteiger partial charge in [0.25, 0.3) is 0 Å². The summed E-state index contributed by atoms with van der Waals surface area (Å²) in [6.45, 7) is 11.6. The number of rotatable bonds is 9. The number of guanidine groups is 1. The number of ether oxygens (including phenoxy) is 1. The topological polar surface area (TPSA) is 52.1 Å². The number of benzene rings is 1. The number of aliphatic imine (C=N–C) groups is 1. The number of hydrogen-bond acceptors (Lipinski definition) is 4. The van der Waals surface area contributed by atoms with Crippen molar-refractivity contribution in [2.24, 2.45) is 4.99 Å². The van der Waals surface area contributed by atoms with Crippen LogP contribution in [0.3, 0.4) is 0 Å². The van der Waals surface area contributed by atoms with Gasteiger partial charge in [0.05, 0.1) is 19.3 Å². The van der Waals surface area contributed by atoms with Crippen molar-refractivity contribution in [3.05, 3.63) is 30.3 Å². The minimum absolute atomic E-state index is 0.192. The number of nitrogens with zero attached hydrogens (tertiary/aromatic N) is 3. The number of likely N-dealkylation sites (N-methyl/N-ethyl adjacent to an activating group) is 1. The summed E-state index contributed by atoms with van der Waals surface area (Å²) in [5, 5.41) is 6.77. The molecular formula is C20H35N5O. The molecule has 1 unspecified atom stereocenters. The molecular weight excluding hydrogens is 326 g/mol. The molecule has 0 aromatic heterocycles. The lowest BCUT2D eigenvalue weighted by Crippen LogP contribution is -2.43. The van der Waals surface area contributed by atoms with Gasteiger partial charge in [0.1, 0.15) is 0 Å². The Morgan fingerprint density at radius 2 is 2.08 bits per heavy atom. The van der Waals surface area contributed by atoms with Crippen molar-refractivity contribution < 1.29 is 4.74 Å². The lowest BCUT2D eigenvalue weighted by Gasteiger charge is -2.29. The maximum atomic E-state index is 5.79. The molecule has 2 rings (SSSR count). The SMILES string of the molecule is CCNC(=NCC1CN(C)CCO1)NCCCN(CC)c1ccccc1. The Morgan fingerprint density at radius 3 is 2.77 bits per heavy atom. The second-order valence-corrected chi connectivity index (χ2v) is 6.67. The smallest absolute Gasteiger partial charge is 0.191 e. The van der Waals surface area contributed by atoms with Gasteiger partial charge in [-0.15, -0.1) is 0 Å². The van der Waals surface area contributed by atoms with Crippen LogP contribution in [-0.4, -0.2) is 76.4 Å². The van der Waals surface area contributed by atoms with Crippen LogP contribution in [0.1, 0.15) is 20.3 Å². The zero-order valence-electron chi connectivity index (χ0n) is 16.6. The van der Waals surface area contributed by atoms with E-state index in [0.29, 0.717) is 6.54 Å². The fraction of sp³-hybridized carbons (Fsp3) is 0.650. The fourth-order valence-electron chi connectivity index (χ4n) is 3.10. The van der Waals surface area contributed by atoms with E-state index in [1.807, 2.05) is 0 Å². The molecule has 1 saturated heterocycles. The average Bonchev–Trinajstić information content (AvgIpc) is 2.67. The van der Waals surface area contributed by atoms with Gasteiger partial charge in [-0.2, -0.15) is 0 Å². The molecule has 0 radical (unpaired) electrons. The van der Waals surface area contributed by atoms with E-state index in [1.165, 1.54) is 5.69 Å². The van der Waals surface area contributed by atoms with Crippen LogP contribution >= 0.6 is 0 Å². The van der Waals surface area contributed by atoms with Crippen molar-refractivity contribution in [2.45, 2.75) is 26.4 Å². The monoisotopic (exact) mass is 361 g/mol. The van der Waals surface area contributed by atoms with E-state index in [2.05, 4.69) is 71.7 Å². The predicted molar refractivity (Wildman–Crippen MR) is 110 cm³/mol. The van der Waals surface area contributed by atoms with Gasteiger partial charge in [-0.25, -0.2) is 0 Å². The molecule has 1 aromatic carbocycles. The lowest BCUT2D eigenvalue weighted by molar-refractivity contribution is -0.0136. The highest BCUT2D eigenvalue weighted by Crippen LogP contribution is 2.12. The maximum Gasteiger partial charge on any atom is 0.191 e. The van der Waals surface area contributed by atoms with Crippen molar-refractivity contribution in [1.82, 2.24) is 15.5 Å². The molecule has 0 spiro atoms. The normalized spacial score (nSPS) is 18.6. The predicted octanol–water partition coefficient (Wildman–Crippen LogP) is 1.79. The van der Waals surface area contributed by atoms with Crippen LogP contribution in [0, 0.1) is 0 Å². The highest BCUT2D eigenvalue weighted by atomic mass is 16.5. The summed E-state index contributed by atoms with van der Waals surface area (Å²) >= 11 is 0. The maximum absolute atomic E-state index is 5.79. The van der Waals surface area contributed by atoms with Gasteiger partial charge in [-0.1, -0.05) is 18.2 Å². The first-order chi connectivity index (χ1) is 12.7. The first kappa shape index (κ1) is 20.5. The van der Waals surface area contributed by atoms with Crippen molar-refractivity contribution in [3.8, 4) is 0 Å². The van der Waals surface area contributed by atoms with E-state index in [-0.39, 0.29) is 6.10 Å². The van der Waals surface area contributed by atoms with Gasteiger partial charge in [0, 0.05) is 45.0 Å². The summed E-state index contributed by atoms with van der Waals surface area (Å²) in [5.41, 5.74) is 1.29. The molecule has 1 aliphatic rings. The lowest BCUT2D eigenvalue weighted by atomic mass is 10.2. The molecule has 1 aliphatic heterocycles. The van der Waals surface area contributed by atoms with Crippen molar-refractivity contribution in [3.63, 3.8) is 0 Å². The summed E-state index contributed by atoms with van der Waals surface area (Å²) < 4.78 is 5.79. The van der Waals surface area contributed by atoms with Gasteiger partial charge >= 0.3 is 0 Å². The van der Waals surface area contributed by atoms with E-state index in [0.717, 1.165) is 58.3 Å². The zero-order chi connectivity index (χ0) is 18.6. The van der Waals surface area contributed by atoms with E-state index in [9.17, 15) is 0 Å². The third-order valence-corrected chi connectivity index (χ3v) is 4.54. The molecule has 2 N–H and O–H groups in total. The third-order valence-electron chi connectivity index (χ3n) is 4.54. The largest absolute Gasteiger partial charge is 0.374 e. The molecule has 0 bridgehead atoms. The van der Waals surface area contributed by atoms with Crippen LogP contribution in [0.5, 0.6) is 0 Å². The summed E-state index contributed by atoms with van der Waals surface area (Å²) in [4.78, 5) is 9.39. The van der Waals surface area contributed by atoms with E-state index < -0.39 is 0 Å². The van der Waals surface area contributed by atoms with Crippen LogP contribution in [0.15, 0.2) is 35.3 Å². The fourth-order valence-corrected chi connectivity index (χ4v) is 3.10. The molecule has 0 aliphatic carbocycles. The molecule has 146 valence electrons. The summed E-state index contributed by atoms with van der Waals surface area (Å²) in [6.07, 6.45) is 1.26. The second kappa shape index (κ2) is 11.8. The van der Waals surface area contributed by atoms with Crippen molar-refractivity contribution in [2.75, 3.05) is 64.4 Å². The molecule has 1 aromatic rings. The van der Waals surface area contributed by atoms with Crippen LogP contribution in [0.2, 0.25) is 0 Å². The Hall–Kier alpha value is -1.79. The number of morpholine rings is 1. The third kappa shape index (κ3) is 7.22. The van der Waals surface area contributed by atoms with Crippen LogP contribution in [-0.2, 0) is 4.74 Å². The average molecular weight is 362 g/mol. The minimum atomic E-state index is 0.192. The van der Waals surface area contributed by atoms with Gasteiger partial charge in [-0.3, -0.25) is 4.99 Å². The molecule has 1 fully saturated rings. The Kier molecular flexibility index (Phi) is 9.28. The Morgan fingerprint density at radius 1 is 1.27 bits per heavy atom. The number of nitrogens with one attached hydrogen (secondary N) is 2. The van der Waals surface area contributed by atoms with E-state index in [1.54, 1.807) is 0 Å². The Balaban J connectivity index is 1.74. The number of para-hydroxylation sites is 1. The second-order valence-electron chi connectivity index (χ2n) is 6.67. The Bertz CT molecular complexity index is 522. The minimum Gasteiger partial charge on any atom is -0.374 e. The van der Waals surface area contributed by atoms with Crippen molar-refractivity contribution >= 4 is 11.6 Å². The first-order valence-electron chi connectivity index (χ1n) is 9.85. The first-order valence-corrected chi connectivity index (χ1v) is 9.85. The summed E-state index contributed by atoms with van der Waals surface area (Å²) in [6, 6.07) is 10.6. The Labute approximate surface area is 158 Å². The van der Waals surface area contributed by atoms with Gasteiger partial charge < -0.3 is 25.2 Å². The molecule has 0 saturated carbocycles. The molecule has 0 amide bonds. The standard InChI is InChI=1S/C20H35N5O/c1-4-21-20(23-16-19-17-24(3)14-15-26-19)22-12-9-13-25(5-2)18-10-7-6-8-11-18/h6-8,10-11,19H,4-5,9,12-17H2,1-3H3,(H2,21,22,23). The molecule has 6 nitrogen and oxygen atoms in total. The quantitative estimate of drug-likeness (QED) is 0.399. The molecule has 1 heterocycles. The molecule has 26 heavy (non-hydrogen) atoms. The molecule has 6 heteroatoms. The van der Waals surface area contributed by atoms with Gasteiger partial charge in [-0.05, 0) is 39.4 Å². The zero-order valence-corrected chi connectivity index (χ0v) is 16.6. The molecule has 1 atom stereocenters. The van der Waals surface area contributed by atoms with Crippen LogP contribution in [0.4, 0.5) is 5.69 Å². The van der Waals surface area contributed by atoms with Gasteiger partial charge in [0.2, 0.25) is 0 Å². The van der Waals surface area contributed by atoms with E-state index in [4.69, 9.17) is 9.73 Å². The number of anilines is 1. The highest BCUT2D eigenvalue weighted by molar-refractivity contribution is 5.79. The highest BCUT2D eigenvalue weighted by Gasteiger charge is 2.17. The van der Waals surface area contributed by atoms with Crippen LogP contribution in [0.25, 0.3) is 0 Å². The van der Waals surface area contributed by atoms with Crippen LogP contribution < -0.4 is 15.5 Å². The summed E-state index contributed by atoms with van der Waals surface area (Å²) in [5.74, 6) is 0.882. The van der Waals surface area contributed by atoms with E-state index >= 15 is 0 Å². The van der Waals surface area contributed by atoms with Gasteiger partial charge in [0.15, 0.2) is 5.96 Å².